The van der Waals surface area contributed by atoms with Crippen molar-refractivity contribution >= 4 is 10.2 Å². The summed E-state index contributed by atoms with van der Waals surface area (Å²) >= 11 is 0. The van der Waals surface area contributed by atoms with E-state index < -0.39 is 15.7 Å². The number of rotatable bonds is 2. The van der Waals surface area contributed by atoms with Gasteiger partial charge in [0.25, 0.3) is 10.2 Å². The highest BCUT2D eigenvalue weighted by molar-refractivity contribution is 7.87. The molecule has 0 aromatic carbocycles. The minimum absolute atomic E-state index is 0.162. The molecule has 0 amide bonds. The predicted octanol–water partition coefficient (Wildman–Crippen LogP) is 0.303. The molecular formula is C10H23N3O2S. The fraction of sp³-hybridized carbons (Fsp3) is 1.00. The number of piperazine rings is 1. The summed E-state index contributed by atoms with van der Waals surface area (Å²) in [7, 11) is -3.37. The van der Waals surface area contributed by atoms with Gasteiger partial charge >= 0.3 is 0 Å². The number of nitrogens with zero attached hydrogens (tertiary/aromatic N) is 1. The summed E-state index contributed by atoms with van der Waals surface area (Å²) in [5.74, 6) is 0. The van der Waals surface area contributed by atoms with Crippen LogP contribution in [0.4, 0.5) is 0 Å². The average Bonchev–Trinajstić information content (AvgIpc) is 1.97. The van der Waals surface area contributed by atoms with Crippen molar-refractivity contribution in [3.63, 3.8) is 0 Å². The first kappa shape index (κ1) is 13.9. The van der Waals surface area contributed by atoms with Gasteiger partial charge in [0.15, 0.2) is 0 Å². The van der Waals surface area contributed by atoms with E-state index in [4.69, 9.17) is 0 Å². The van der Waals surface area contributed by atoms with Crippen LogP contribution in [0.5, 0.6) is 0 Å². The second kappa shape index (κ2) is 4.25. The molecule has 16 heavy (non-hydrogen) atoms. The second-order valence-corrected chi connectivity index (χ2v) is 7.67. The molecule has 1 saturated heterocycles. The van der Waals surface area contributed by atoms with E-state index in [1.165, 1.54) is 4.31 Å². The summed E-state index contributed by atoms with van der Waals surface area (Å²) in [5.41, 5.74) is -0.598. The van der Waals surface area contributed by atoms with Gasteiger partial charge in [0.05, 0.1) is 0 Å². The van der Waals surface area contributed by atoms with E-state index in [1.54, 1.807) is 0 Å². The highest BCUT2D eigenvalue weighted by Crippen LogP contribution is 2.14. The largest absolute Gasteiger partial charge is 0.309 e. The molecule has 0 radical (unpaired) electrons. The lowest BCUT2D eigenvalue weighted by Crippen LogP contribution is -2.61. The zero-order valence-corrected chi connectivity index (χ0v) is 11.6. The average molecular weight is 249 g/mol. The standard InChI is InChI=1S/C10H23N3O2S/c1-9(2,3)12-16(14,15)13-7-6-11-10(4,5)8-13/h11-12H,6-8H2,1-5H3. The van der Waals surface area contributed by atoms with Crippen LogP contribution in [0, 0.1) is 0 Å². The summed E-state index contributed by atoms with van der Waals surface area (Å²) in [4.78, 5) is 0. The van der Waals surface area contributed by atoms with Gasteiger partial charge in [-0.05, 0) is 34.6 Å². The molecular weight excluding hydrogens is 226 g/mol. The van der Waals surface area contributed by atoms with Crippen molar-refractivity contribution in [3.8, 4) is 0 Å². The van der Waals surface area contributed by atoms with E-state index in [1.807, 2.05) is 34.6 Å². The molecule has 0 atom stereocenters. The fourth-order valence-corrected chi connectivity index (χ4v) is 3.48. The van der Waals surface area contributed by atoms with E-state index in [0.29, 0.717) is 19.6 Å². The molecule has 1 aliphatic rings. The van der Waals surface area contributed by atoms with Crippen LogP contribution in [0.25, 0.3) is 0 Å². The number of nitrogens with one attached hydrogen (secondary N) is 2. The lowest BCUT2D eigenvalue weighted by Gasteiger charge is -2.39. The quantitative estimate of drug-likeness (QED) is 0.740. The molecule has 1 fully saturated rings. The minimum Gasteiger partial charge on any atom is -0.309 e. The SMILES string of the molecule is CC(C)(C)NS(=O)(=O)N1CCNC(C)(C)C1. The highest BCUT2D eigenvalue weighted by atomic mass is 32.2. The van der Waals surface area contributed by atoms with Gasteiger partial charge in [0.1, 0.15) is 0 Å². The molecule has 6 heteroatoms. The summed E-state index contributed by atoms with van der Waals surface area (Å²) in [6.07, 6.45) is 0. The van der Waals surface area contributed by atoms with Crippen molar-refractivity contribution in [1.82, 2.24) is 14.3 Å². The summed E-state index contributed by atoms with van der Waals surface area (Å²) in [6.45, 7) is 11.3. The van der Waals surface area contributed by atoms with Crippen LogP contribution < -0.4 is 10.0 Å². The Labute approximate surface area is 98.8 Å². The Morgan fingerprint density at radius 2 is 1.88 bits per heavy atom. The zero-order valence-electron chi connectivity index (χ0n) is 10.8. The molecule has 0 aromatic rings. The third-order valence-electron chi connectivity index (χ3n) is 2.31. The molecule has 5 nitrogen and oxygen atoms in total. The van der Waals surface area contributed by atoms with Crippen molar-refractivity contribution in [1.29, 1.82) is 0 Å². The predicted molar refractivity (Wildman–Crippen MR) is 65.5 cm³/mol. The fourth-order valence-electron chi connectivity index (χ4n) is 1.75. The number of hydrogen-bond acceptors (Lipinski definition) is 3. The Hall–Kier alpha value is -0.170. The van der Waals surface area contributed by atoms with Crippen molar-refractivity contribution < 1.29 is 8.42 Å². The second-order valence-electron chi connectivity index (χ2n) is 6.00. The van der Waals surface area contributed by atoms with Gasteiger partial charge in [-0.15, -0.1) is 0 Å². The van der Waals surface area contributed by atoms with Crippen LogP contribution in [0.3, 0.4) is 0 Å². The summed E-state index contributed by atoms with van der Waals surface area (Å²) in [5, 5.41) is 3.29. The van der Waals surface area contributed by atoms with Crippen molar-refractivity contribution in [3.05, 3.63) is 0 Å². The van der Waals surface area contributed by atoms with Crippen LogP contribution in [-0.4, -0.2) is 43.4 Å². The maximum Gasteiger partial charge on any atom is 0.280 e. The van der Waals surface area contributed by atoms with Gasteiger partial charge < -0.3 is 5.32 Å². The molecule has 2 N–H and O–H groups in total. The monoisotopic (exact) mass is 249 g/mol. The third kappa shape index (κ3) is 4.01. The van der Waals surface area contributed by atoms with Gasteiger partial charge in [-0.2, -0.15) is 17.4 Å². The Kier molecular flexibility index (Phi) is 3.69. The summed E-state index contributed by atoms with van der Waals surface area (Å²) in [6, 6.07) is 0. The topological polar surface area (TPSA) is 61.4 Å². The smallest absolute Gasteiger partial charge is 0.280 e. The van der Waals surface area contributed by atoms with Crippen LogP contribution in [-0.2, 0) is 10.2 Å². The first-order valence-electron chi connectivity index (χ1n) is 5.56. The van der Waals surface area contributed by atoms with E-state index in [9.17, 15) is 8.42 Å². The first-order valence-corrected chi connectivity index (χ1v) is 7.00. The van der Waals surface area contributed by atoms with E-state index in [0.717, 1.165) is 0 Å². The van der Waals surface area contributed by atoms with Crippen molar-refractivity contribution in [2.24, 2.45) is 0 Å². The van der Waals surface area contributed by atoms with Gasteiger partial charge in [-0.25, -0.2) is 0 Å². The van der Waals surface area contributed by atoms with Crippen molar-refractivity contribution in [2.75, 3.05) is 19.6 Å². The van der Waals surface area contributed by atoms with E-state index >= 15 is 0 Å². The molecule has 0 aromatic heterocycles. The summed E-state index contributed by atoms with van der Waals surface area (Å²) < 4.78 is 28.3. The molecule has 0 bridgehead atoms. The Balaban J connectivity index is 2.77. The normalized spacial score (nSPS) is 23.3. The van der Waals surface area contributed by atoms with Gasteiger partial charge in [-0.1, -0.05) is 0 Å². The molecule has 0 aliphatic carbocycles. The highest BCUT2D eigenvalue weighted by Gasteiger charge is 2.34. The van der Waals surface area contributed by atoms with E-state index in [2.05, 4.69) is 10.0 Å². The van der Waals surface area contributed by atoms with Crippen LogP contribution in [0.1, 0.15) is 34.6 Å². The zero-order chi connectivity index (χ0) is 12.6. The third-order valence-corrected chi connectivity index (χ3v) is 4.17. The van der Waals surface area contributed by atoms with Gasteiger partial charge in [0, 0.05) is 30.7 Å². The van der Waals surface area contributed by atoms with Crippen LogP contribution >= 0.6 is 0 Å². The van der Waals surface area contributed by atoms with Crippen LogP contribution in [0.2, 0.25) is 0 Å². The Morgan fingerprint density at radius 3 is 2.31 bits per heavy atom. The molecule has 0 saturated carbocycles. The van der Waals surface area contributed by atoms with Crippen molar-refractivity contribution in [2.45, 2.75) is 45.7 Å². The first-order chi connectivity index (χ1) is 7.02. The minimum atomic E-state index is -3.37. The molecule has 1 aliphatic heterocycles. The van der Waals surface area contributed by atoms with Crippen LogP contribution in [0.15, 0.2) is 0 Å². The van der Waals surface area contributed by atoms with Gasteiger partial charge in [-0.3, -0.25) is 0 Å². The molecule has 96 valence electrons. The molecule has 1 heterocycles. The molecule has 0 unspecified atom stereocenters. The number of hydrogen-bond donors (Lipinski definition) is 2. The molecule has 0 spiro atoms. The lowest BCUT2D eigenvalue weighted by molar-refractivity contribution is 0.229. The maximum absolute atomic E-state index is 12.1. The Morgan fingerprint density at radius 1 is 1.31 bits per heavy atom. The lowest BCUT2D eigenvalue weighted by atomic mass is 10.0. The molecule has 1 rings (SSSR count). The van der Waals surface area contributed by atoms with E-state index in [-0.39, 0.29) is 5.54 Å². The van der Waals surface area contributed by atoms with Gasteiger partial charge in [0.2, 0.25) is 0 Å². The maximum atomic E-state index is 12.1. The Bertz CT molecular complexity index is 344.